The molecule has 1 heterocycles. The van der Waals surface area contributed by atoms with E-state index in [0.717, 1.165) is 0 Å². The highest BCUT2D eigenvalue weighted by Gasteiger charge is 2.51. The summed E-state index contributed by atoms with van der Waals surface area (Å²) in [4.78, 5) is 38.0. The number of aliphatic carboxylic acids is 1. The summed E-state index contributed by atoms with van der Waals surface area (Å²) in [7, 11) is 1.59. The van der Waals surface area contributed by atoms with Gasteiger partial charge in [0.2, 0.25) is 0 Å². The van der Waals surface area contributed by atoms with Crippen LogP contribution in [0.15, 0.2) is 24.3 Å². The summed E-state index contributed by atoms with van der Waals surface area (Å²) in [6.45, 7) is 0.892. The zero-order chi connectivity index (χ0) is 15.2. The summed E-state index contributed by atoms with van der Waals surface area (Å²) in [6.07, 6.45) is 1.23. The van der Waals surface area contributed by atoms with Crippen LogP contribution in [0.4, 0.5) is 5.69 Å². The van der Waals surface area contributed by atoms with E-state index in [2.05, 4.69) is 0 Å². The molecular formula is C15H16N2O4. The van der Waals surface area contributed by atoms with Gasteiger partial charge >= 0.3 is 17.8 Å². The summed E-state index contributed by atoms with van der Waals surface area (Å²) in [5, 5.41) is 9.35. The lowest BCUT2D eigenvalue weighted by Crippen LogP contribution is -2.53. The third-order valence-corrected chi connectivity index (χ3v) is 4.30. The van der Waals surface area contributed by atoms with Crippen molar-refractivity contribution in [1.29, 1.82) is 0 Å². The number of rotatable bonds is 3. The van der Waals surface area contributed by atoms with Crippen LogP contribution in [0.3, 0.4) is 0 Å². The minimum atomic E-state index is -0.833. The summed E-state index contributed by atoms with van der Waals surface area (Å²) >= 11 is 0. The molecule has 21 heavy (non-hydrogen) atoms. The molecule has 0 unspecified atom stereocenters. The molecule has 1 saturated heterocycles. The second-order valence-electron chi connectivity index (χ2n) is 5.62. The molecular weight excluding hydrogens is 272 g/mol. The van der Waals surface area contributed by atoms with Crippen LogP contribution in [0.25, 0.3) is 0 Å². The van der Waals surface area contributed by atoms with Crippen LogP contribution in [-0.2, 0) is 19.8 Å². The number of benzene rings is 1. The van der Waals surface area contributed by atoms with E-state index in [9.17, 15) is 19.5 Å². The van der Waals surface area contributed by atoms with Gasteiger partial charge < -0.3 is 14.9 Å². The van der Waals surface area contributed by atoms with Gasteiger partial charge in [-0.3, -0.25) is 14.4 Å². The Morgan fingerprint density at radius 1 is 1.19 bits per heavy atom. The van der Waals surface area contributed by atoms with Crippen LogP contribution in [-0.4, -0.2) is 47.9 Å². The van der Waals surface area contributed by atoms with Gasteiger partial charge in [0.05, 0.1) is 5.41 Å². The third kappa shape index (κ3) is 2.07. The molecule has 110 valence electrons. The lowest BCUT2D eigenvalue weighted by molar-refractivity contribution is -0.145. The summed E-state index contributed by atoms with van der Waals surface area (Å²) < 4.78 is 0. The first-order valence-corrected chi connectivity index (χ1v) is 6.86. The molecule has 2 aliphatic rings. The second-order valence-corrected chi connectivity index (χ2v) is 5.62. The van der Waals surface area contributed by atoms with E-state index >= 15 is 0 Å². The maximum atomic E-state index is 12.1. The maximum Gasteiger partial charge on any atom is 0.316 e. The average molecular weight is 288 g/mol. The van der Waals surface area contributed by atoms with Crippen LogP contribution in [0.1, 0.15) is 18.4 Å². The smallest absolute Gasteiger partial charge is 0.316 e. The van der Waals surface area contributed by atoms with E-state index in [1.54, 1.807) is 31.3 Å². The summed E-state index contributed by atoms with van der Waals surface area (Å²) in [6, 6.07) is 6.96. The molecule has 0 bridgehead atoms. The molecule has 1 aliphatic heterocycles. The number of hydrogen-bond donors (Lipinski definition) is 1. The highest BCUT2D eigenvalue weighted by Crippen LogP contribution is 2.49. The minimum Gasteiger partial charge on any atom is -0.481 e. The van der Waals surface area contributed by atoms with Gasteiger partial charge in [-0.2, -0.15) is 0 Å². The number of carboxylic acid groups (broad SMARTS) is 1. The zero-order valence-electron chi connectivity index (χ0n) is 11.7. The maximum absolute atomic E-state index is 12.1. The van der Waals surface area contributed by atoms with Crippen molar-refractivity contribution in [2.75, 3.05) is 25.0 Å². The molecule has 1 N–H and O–H groups in total. The van der Waals surface area contributed by atoms with E-state index < -0.39 is 23.2 Å². The predicted octanol–water partition coefficient (Wildman–Crippen LogP) is 0.608. The quantitative estimate of drug-likeness (QED) is 0.827. The molecule has 6 heteroatoms. The van der Waals surface area contributed by atoms with Crippen LogP contribution < -0.4 is 4.90 Å². The number of likely N-dealkylation sites (N-methyl/N-ethyl adjacent to an activating group) is 1. The van der Waals surface area contributed by atoms with E-state index in [1.807, 2.05) is 0 Å². The molecule has 0 radical (unpaired) electrons. The molecule has 1 aromatic carbocycles. The van der Waals surface area contributed by atoms with Crippen molar-refractivity contribution < 1.29 is 19.5 Å². The van der Waals surface area contributed by atoms with Crippen molar-refractivity contribution in [3.05, 3.63) is 29.8 Å². The summed E-state index contributed by atoms with van der Waals surface area (Å²) in [5.41, 5.74) is 0.480. The first-order valence-electron chi connectivity index (χ1n) is 6.86. The van der Waals surface area contributed by atoms with Crippen LogP contribution in [0.2, 0.25) is 0 Å². The normalized spacial score (nSPS) is 20.6. The first kappa shape index (κ1) is 13.6. The fourth-order valence-corrected chi connectivity index (χ4v) is 2.70. The van der Waals surface area contributed by atoms with Crippen LogP contribution in [0, 0.1) is 0 Å². The molecule has 0 spiro atoms. The van der Waals surface area contributed by atoms with E-state index in [-0.39, 0.29) is 0 Å². The number of amides is 2. The van der Waals surface area contributed by atoms with Gasteiger partial charge in [-0.15, -0.1) is 0 Å². The summed E-state index contributed by atoms with van der Waals surface area (Å²) in [5.74, 6) is -1.94. The van der Waals surface area contributed by atoms with Gasteiger partial charge in [0, 0.05) is 25.8 Å². The fraction of sp³-hybridized carbons (Fsp3) is 0.400. The Labute approximate surface area is 122 Å². The molecule has 2 amide bonds. The Morgan fingerprint density at radius 3 is 2.52 bits per heavy atom. The topological polar surface area (TPSA) is 77.9 Å². The molecule has 1 saturated carbocycles. The van der Waals surface area contributed by atoms with E-state index in [1.165, 1.54) is 9.80 Å². The molecule has 0 aromatic heterocycles. The van der Waals surface area contributed by atoms with Crippen molar-refractivity contribution in [3.63, 3.8) is 0 Å². The largest absolute Gasteiger partial charge is 0.481 e. The van der Waals surface area contributed by atoms with E-state index in [0.29, 0.717) is 37.2 Å². The lowest BCUT2D eigenvalue weighted by Gasteiger charge is -2.31. The number of hydrogen-bond acceptors (Lipinski definition) is 3. The van der Waals surface area contributed by atoms with Crippen molar-refractivity contribution in [3.8, 4) is 0 Å². The Kier molecular flexibility index (Phi) is 2.97. The van der Waals surface area contributed by atoms with Crippen molar-refractivity contribution in [1.82, 2.24) is 4.90 Å². The number of carbonyl (C=O) groups is 3. The molecule has 3 rings (SSSR count). The minimum absolute atomic E-state index is 0.421. The third-order valence-electron chi connectivity index (χ3n) is 4.30. The Bertz CT molecular complexity index is 636. The molecule has 2 fully saturated rings. The van der Waals surface area contributed by atoms with E-state index in [4.69, 9.17) is 0 Å². The van der Waals surface area contributed by atoms with Gasteiger partial charge in [-0.25, -0.2) is 0 Å². The Morgan fingerprint density at radius 2 is 1.90 bits per heavy atom. The van der Waals surface area contributed by atoms with Gasteiger partial charge in [0.1, 0.15) is 0 Å². The Hall–Kier alpha value is -2.37. The number of carboxylic acids is 1. The van der Waals surface area contributed by atoms with Crippen LogP contribution in [0.5, 0.6) is 0 Å². The predicted molar refractivity (Wildman–Crippen MR) is 75.0 cm³/mol. The van der Waals surface area contributed by atoms with Crippen molar-refractivity contribution in [2.45, 2.75) is 18.3 Å². The van der Waals surface area contributed by atoms with Crippen molar-refractivity contribution in [2.24, 2.45) is 0 Å². The number of anilines is 1. The molecule has 0 atom stereocenters. The zero-order valence-corrected chi connectivity index (χ0v) is 11.7. The van der Waals surface area contributed by atoms with Gasteiger partial charge in [0.25, 0.3) is 0 Å². The first-order chi connectivity index (χ1) is 9.95. The average Bonchev–Trinajstić information content (AvgIpc) is 3.27. The van der Waals surface area contributed by atoms with Gasteiger partial charge in [-0.1, -0.05) is 12.1 Å². The fourth-order valence-electron chi connectivity index (χ4n) is 2.70. The SMILES string of the molecule is CN1CCN(c2cccc(C3(C(=O)O)CC3)c2)C(=O)C1=O. The highest BCUT2D eigenvalue weighted by molar-refractivity contribution is 6.40. The van der Waals surface area contributed by atoms with Crippen LogP contribution >= 0.6 is 0 Å². The molecule has 1 aromatic rings. The molecule has 6 nitrogen and oxygen atoms in total. The number of carbonyl (C=O) groups excluding carboxylic acids is 2. The second kappa shape index (κ2) is 4.58. The van der Waals surface area contributed by atoms with Gasteiger partial charge in [-0.05, 0) is 30.5 Å². The van der Waals surface area contributed by atoms with Crippen molar-refractivity contribution >= 4 is 23.5 Å². The Balaban J connectivity index is 1.92. The molecule has 1 aliphatic carbocycles. The lowest BCUT2D eigenvalue weighted by atomic mass is 9.95. The standard InChI is InChI=1S/C15H16N2O4/c1-16-7-8-17(13(19)12(16)18)11-4-2-3-10(9-11)15(5-6-15)14(20)21/h2-4,9H,5-8H2,1H3,(H,20,21). The number of piperazine rings is 1. The van der Waals surface area contributed by atoms with Gasteiger partial charge in [0.15, 0.2) is 0 Å². The number of nitrogens with zero attached hydrogens (tertiary/aromatic N) is 2. The highest BCUT2D eigenvalue weighted by atomic mass is 16.4. The monoisotopic (exact) mass is 288 g/mol.